The van der Waals surface area contributed by atoms with E-state index >= 15 is 0 Å². The van der Waals surface area contributed by atoms with Gasteiger partial charge in [0.15, 0.2) is 11.6 Å². The van der Waals surface area contributed by atoms with Gasteiger partial charge in [0.1, 0.15) is 17.3 Å². The Morgan fingerprint density at radius 1 is 1.00 bits per heavy atom. The number of nitrogens with one attached hydrogen (secondary N) is 3. The average Bonchev–Trinajstić information content (AvgIpc) is 3.55. The quantitative estimate of drug-likeness (QED) is 0.236. The van der Waals surface area contributed by atoms with Crippen molar-refractivity contribution in [1.82, 2.24) is 9.97 Å². The first-order chi connectivity index (χ1) is 18.3. The second-order valence-electron chi connectivity index (χ2n) is 8.79. The number of hydrogen-bond donors (Lipinski definition) is 4. The van der Waals surface area contributed by atoms with Crippen molar-refractivity contribution < 1.29 is 18.8 Å². The summed E-state index contributed by atoms with van der Waals surface area (Å²) in [6.45, 7) is 2.14. The van der Waals surface area contributed by atoms with E-state index in [2.05, 4.69) is 27.5 Å². The summed E-state index contributed by atoms with van der Waals surface area (Å²) < 4.78 is 5.73. The molecule has 0 aliphatic carbocycles. The zero-order valence-electron chi connectivity index (χ0n) is 21.3. The molecule has 4 aromatic rings. The Morgan fingerprint density at radius 3 is 2.42 bits per heavy atom. The van der Waals surface area contributed by atoms with Crippen molar-refractivity contribution in [3.05, 3.63) is 95.3 Å². The number of unbranched alkanes of at least 4 members (excludes halogenated alkanes) is 1. The molecule has 2 aromatic carbocycles. The highest BCUT2D eigenvalue weighted by Crippen LogP contribution is 2.20. The number of aromatic amines is 1. The summed E-state index contributed by atoms with van der Waals surface area (Å²) in [5.74, 6) is -0.156. The largest absolute Gasteiger partial charge is 0.455 e. The molecule has 38 heavy (non-hydrogen) atoms. The van der Waals surface area contributed by atoms with Crippen LogP contribution in [-0.2, 0) is 12.8 Å². The van der Waals surface area contributed by atoms with Crippen LogP contribution < -0.4 is 21.3 Å². The van der Waals surface area contributed by atoms with Crippen LogP contribution in [-0.4, -0.2) is 34.9 Å². The minimum atomic E-state index is -0.779. The number of hydrogen-bond acceptors (Lipinski definition) is 5. The van der Waals surface area contributed by atoms with E-state index < -0.39 is 11.9 Å². The number of anilines is 3. The number of urea groups is 1. The number of aryl methyl sites for hydroxylation is 1. The van der Waals surface area contributed by atoms with Gasteiger partial charge in [0, 0.05) is 18.4 Å². The number of rotatable bonds is 10. The minimum absolute atomic E-state index is 0.00349. The Kier molecular flexibility index (Phi) is 8.22. The highest BCUT2D eigenvalue weighted by Gasteiger charge is 2.20. The number of carbonyl (C=O) groups excluding carboxylic acids is 3. The summed E-state index contributed by atoms with van der Waals surface area (Å²) in [5.41, 5.74) is 7.97. The third-order valence-electron chi connectivity index (χ3n) is 5.92. The molecule has 0 saturated carbocycles. The Morgan fingerprint density at radius 2 is 1.74 bits per heavy atom. The van der Waals surface area contributed by atoms with Gasteiger partial charge in [-0.2, -0.15) is 0 Å². The predicted molar refractivity (Wildman–Crippen MR) is 145 cm³/mol. The molecule has 0 saturated heterocycles. The fourth-order valence-electron chi connectivity index (χ4n) is 3.87. The van der Waals surface area contributed by atoms with E-state index in [-0.39, 0.29) is 29.6 Å². The number of para-hydroxylation sites is 1. The van der Waals surface area contributed by atoms with E-state index in [1.807, 2.05) is 54.6 Å². The van der Waals surface area contributed by atoms with Crippen LogP contribution in [0.1, 0.15) is 58.0 Å². The number of primary amides is 1. The molecule has 0 aliphatic heterocycles. The molecule has 10 nitrogen and oxygen atoms in total. The normalized spacial score (nSPS) is 10.7. The van der Waals surface area contributed by atoms with Gasteiger partial charge >= 0.3 is 6.03 Å². The van der Waals surface area contributed by atoms with Crippen molar-refractivity contribution in [2.45, 2.75) is 32.6 Å². The van der Waals surface area contributed by atoms with E-state index in [4.69, 9.17) is 10.2 Å². The molecule has 2 aromatic heterocycles. The minimum Gasteiger partial charge on any atom is -0.455 e. The number of nitrogens with zero attached hydrogens (tertiary/aromatic N) is 2. The third kappa shape index (κ3) is 6.47. The number of furan rings is 1. The van der Waals surface area contributed by atoms with Crippen LogP contribution in [0, 0.1) is 0 Å². The Balaban J connectivity index is 1.41. The van der Waals surface area contributed by atoms with Crippen molar-refractivity contribution in [3.63, 3.8) is 0 Å². The van der Waals surface area contributed by atoms with Gasteiger partial charge in [-0.05, 0) is 54.8 Å². The zero-order chi connectivity index (χ0) is 27.1. The molecule has 4 rings (SSSR count). The van der Waals surface area contributed by atoms with Crippen LogP contribution in [0.4, 0.5) is 22.0 Å². The number of amides is 4. The Bertz CT molecular complexity index is 1410. The smallest absolute Gasteiger partial charge is 0.324 e. The second kappa shape index (κ2) is 11.9. The number of carbonyl (C=O) groups is 3. The SMILES string of the molecule is CCCCc1ccc(NC(=O)Nc2nc(Cc3ccc(C(=O)N(C)c4ccccc4)o3)[nH]c2C(N)=O)cc1. The monoisotopic (exact) mass is 514 g/mol. The van der Waals surface area contributed by atoms with Crippen LogP contribution in [0.3, 0.4) is 0 Å². The fourth-order valence-corrected chi connectivity index (χ4v) is 3.87. The van der Waals surface area contributed by atoms with E-state index in [0.717, 1.165) is 24.9 Å². The van der Waals surface area contributed by atoms with Gasteiger partial charge < -0.3 is 25.4 Å². The molecule has 0 fully saturated rings. The van der Waals surface area contributed by atoms with Crippen LogP contribution in [0.15, 0.2) is 71.1 Å². The standard InChI is InChI=1S/C28H30N6O4/c1-3-4-8-18-11-13-19(14-12-18)30-28(37)33-26-24(25(29)35)31-23(32-26)17-21-15-16-22(38-21)27(36)34(2)20-9-6-5-7-10-20/h5-7,9-16H,3-4,8,17H2,1-2H3,(H2,29,35)(H,31,32)(H2,30,33,37). The average molecular weight is 515 g/mol. The van der Waals surface area contributed by atoms with E-state index in [1.165, 1.54) is 10.5 Å². The van der Waals surface area contributed by atoms with Gasteiger partial charge in [-0.25, -0.2) is 9.78 Å². The molecular weight excluding hydrogens is 484 g/mol. The number of aromatic nitrogens is 2. The predicted octanol–water partition coefficient (Wildman–Crippen LogP) is 4.96. The molecule has 5 N–H and O–H groups in total. The Hall–Kier alpha value is -4.86. The van der Waals surface area contributed by atoms with Crippen molar-refractivity contribution in [2.75, 3.05) is 22.6 Å². The topological polar surface area (TPSA) is 146 Å². The van der Waals surface area contributed by atoms with Gasteiger partial charge in [0.25, 0.3) is 11.8 Å². The van der Waals surface area contributed by atoms with Crippen LogP contribution in [0.25, 0.3) is 0 Å². The highest BCUT2D eigenvalue weighted by molar-refractivity contribution is 6.04. The van der Waals surface area contributed by atoms with Crippen LogP contribution in [0.2, 0.25) is 0 Å². The maximum Gasteiger partial charge on any atom is 0.324 e. The zero-order valence-corrected chi connectivity index (χ0v) is 21.3. The summed E-state index contributed by atoms with van der Waals surface area (Å²) in [6, 6.07) is 19.4. The lowest BCUT2D eigenvalue weighted by Crippen LogP contribution is -2.25. The summed E-state index contributed by atoms with van der Waals surface area (Å²) in [7, 11) is 1.66. The maximum absolute atomic E-state index is 12.8. The fraction of sp³-hybridized carbons (Fsp3) is 0.214. The van der Waals surface area contributed by atoms with Gasteiger partial charge in [-0.3, -0.25) is 14.9 Å². The lowest BCUT2D eigenvalue weighted by molar-refractivity contribution is 0.0963. The van der Waals surface area contributed by atoms with Crippen molar-refractivity contribution in [2.24, 2.45) is 5.73 Å². The van der Waals surface area contributed by atoms with E-state index in [9.17, 15) is 14.4 Å². The van der Waals surface area contributed by atoms with E-state index in [0.29, 0.717) is 17.3 Å². The molecule has 196 valence electrons. The van der Waals surface area contributed by atoms with Gasteiger partial charge in [0.2, 0.25) is 0 Å². The molecule has 0 radical (unpaired) electrons. The first-order valence-electron chi connectivity index (χ1n) is 12.3. The van der Waals surface area contributed by atoms with Crippen LogP contribution in [0.5, 0.6) is 0 Å². The second-order valence-corrected chi connectivity index (χ2v) is 8.79. The molecule has 0 bridgehead atoms. The molecule has 0 atom stereocenters. The van der Waals surface area contributed by atoms with Gasteiger partial charge in [-0.15, -0.1) is 0 Å². The van der Waals surface area contributed by atoms with Crippen LogP contribution >= 0.6 is 0 Å². The molecule has 2 heterocycles. The summed E-state index contributed by atoms with van der Waals surface area (Å²) in [5, 5.41) is 5.29. The van der Waals surface area contributed by atoms with Gasteiger partial charge in [-0.1, -0.05) is 43.7 Å². The summed E-state index contributed by atoms with van der Waals surface area (Å²) in [6.07, 6.45) is 3.34. The highest BCUT2D eigenvalue weighted by atomic mass is 16.4. The maximum atomic E-state index is 12.8. The molecule has 0 unspecified atom stereocenters. The van der Waals surface area contributed by atoms with Crippen molar-refractivity contribution in [1.29, 1.82) is 0 Å². The van der Waals surface area contributed by atoms with Crippen molar-refractivity contribution in [3.8, 4) is 0 Å². The number of benzene rings is 2. The number of imidazole rings is 1. The molecule has 10 heteroatoms. The first kappa shape index (κ1) is 26.2. The first-order valence-corrected chi connectivity index (χ1v) is 12.3. The number of nitrogens with two attached hydrogens (primary N) is 1. The third-order valence-corrected chi connectivity index (χ3v) is 5.92. The lowest BCUT2D eigenvalue weighted by atomic mass is 10.1. The number of H-pyrrole nitrogens is 1. The Labute approximate surface area is 220 Å². The molecule has 0 aliphatic rings. The lowest BCUT2D eigenvalue weighted by Gasteiger charge is -2.15. The van der Waals surface area contributed by atoms with E-state index in [1.54, 1.807) is 19.2 Å². The van der Waals surface area contributed by atoms with Crippen molar-refractivity contribution >= 4 is 35.0 Å². The molecule has 4 amide bonds. The summed E-state index contributed by atoms with van der Waals surface area (Å²) >= 11 is 0. The summed E-state index contributed by atoms with van der Waals surface area (Å²) in [4.78, 5) is 45.9. The molecule has 0 spiro atoms. The molecular formula is C28H30N6O4. The van der Waals surface area contributed by atoms with Gasteiger partial charge in [0.05, 0.1) is 6.42 Å².